The van der Waals surface area contributed by atoms with Crippen LogP contribution in [-0.2, 0) is 0 Å². The smallest absolute Gasteiger partial charge is 0.255 e. The molecule has 0 spiro atoms. The molecule has 0 N–H and O–H groups in total. The van der Waals surface area contributed by atoms with E-state index in [0.29, 0.717) is 11.3 Å². The third-order valence-electron chi connectivity index (χ3n) is 4.57. The number of carbonyl (C=O) groups excluding carboxylic acids is 1. The van der Waals surface area contributed by atoms with Gasteiger partial charge in [-0.05, 0) is 56.5 Å². The van der Waals surface area contributed by atoms with Gasteiger partial charge in [0.2, 0.25) is 0 Å². The second-order valence-corrected chi connectivity index (χ2v) is 6.17. The Kier molecular flexibility index (Phi) is 4.69. The summed E-state index contributed by atoms with van der Waals surface area (Å²) in [6.45, 7) is 2.86. The van der Waals surface area contributed by atoms with Gasteiger partial charge >= 0.3 is 0 Å². The first-order valence-electron chi connectivity index (χ1n) is 8.28. The van der Waals surface area contributed by atoms with Crippen molar-refractivity contribution in [2.24, 2.45) is 0 Å². The molecule has 126 valence electrons. The summed E-state index contributed by atoms with van der Waals surface area (Å²) in [5.74, 6) is 0.714. The van der Waals surface area contributed by atoms with Crippen molar-refractivity contribution in [3.8, 4) is 11.4 Å². The number of methoxy groups -OCH3 is 1. The van der Waals surface area contributed by atoms with Crippen molar-refractivity contribution in [3.05, 3.63) is 58.5 Å². The van der Waals surface area contributed by atoms with Crippen molar-refractivity contribution in [1.82, 2.24) is 9.47 Å². The molecule has 5 heteroatoms. The molecule has 24 heavy (non-hydrogen) atoms. The molecule has 1 atom stereocenters. The Morgan fingerprint density at radius 1 is 1.12 bits per heavy atom. The Hall–Kier alpha value is -2.56. The van der Waals surface area contributed by atoms with Crippen molar-refractivity contribution in [3.63, 3.8) is 0 Å². The van der Waals surface area contributed by atoms with Crippen molar-refractivity contribution in [1.29, 1.82) is 0 Å². The van der Waals surface area contributed by atoms with Crippen LogP contribution in [0.25, 0.3) is 5.69 Å². The maximum Gasteiger partial charge on any atom is 0.255 e. The molecule has 1 aliphatic heterocycles. The molecule has 2 heterocycles. The number of ether oxygens (including phenoxy) is 1. The molecule has 3 rings (SSSR count). The molecule has 1 fully saturated rings. The molecule has 0 aliphatic carbocycles. The van der Waals surface area contributed by atoms with E-state index < -0.39 is 0 Å². The van der Waals surface area contributed by atoms with Crippen LogP contribution in [0.3, 0.4) is 0 Å². The predicted octanol–water partition coefficient (Wildman–Crippen LogP) is 2.86. The fraction of sp³-hybridized carbons (Fsp3) is 0.368. The van der Waals surface area contributed by atoms with Gasteiger partial charge in [-0.3, -0.25) is 14.2 Å². The molecule has 1 aromatic carbocycles. The number of benzene rings is 1. The lowest BCUT2D eigenvalue weighted by atomic mass is 10.0. The van der Waals surface area contributed by atoms with Gasteiger partial charge in [-0.2, -0.15) is 0 Å². The van der Waals surface area contributed by atoms with Crippen LogP contribution in [0.15, 0.2) is 47.4 Å². The number of nitrogens with zero attached hydrogens (tertiary/aromatic N) is 2. The van der Waals surface area contributed by atoms with Gasteiger partial charge < -0.3 is 9.64 Å². The van der Waals surface area contributed by atoms with Gasteiger partial charge in [0, 0.05) is 30.5 Å². The summed E-state index contributed by atoms with van der Waals surface area (Å²) >= 11 is 0. The largest absolute Gasteiger partial charge is 0.497 e. The van der Waals surface area contributed by atoms with Gasteiger partial charge in [-0.1, -0.05) is 0 Å². The molecule has 1 aromatic heterocycles. The molecular formula is C19H22N2O3. The zero-order valence-corrected chi connectivity index (χ0v) is 14.1. The topological polar surface area (TPSA) is 51.5 Å². The maximum absolute atomic E-state index is 12.8. The summed E-state index contributed by atoms with van der Waals surface area (Å²) in [5.41, 5.74) is 1.09. The van der Waals surface area contributed by atoms with E-state index in [-0.39, 0.29) is 17.5 Å². The van der Waals surface area contributed by atoms with Crippen LogP contribution < -0.4 is 10.3 Å². The lowest BCUT2D eigenvalue weighted by Crippen LogP contribution is -2.42. The van der Waals surface area contributed by atoms with E-state index in [1.54, 1.807) is 43.6 Å². The average molecular weight is 326 g/mol. The summed E-state index contributed by atoms with van der Waals surface area (Å²) in [6.07, 6.45) is 4.86. The van der Waals surface area contributed by atoms with Crippen LogP contribution in [0, 0.1) is 0 Å². The predicted molar refractivity (Wildman–Crippen MR) is 92.9 cm³/mol. The molecule has 0 bridgehead atoms. The lowest BCUT2D eigenvalue weighted by Gasteiger charge is -2.33. The van der Waals surface area contributed by atoms with Crippen molar-refractivity contribution < 1.29 is 9.53 Å². The van der Waals surface area contributed by atoms with Gasteiger partial charge in [-0.15, -0.1) is 0 Å². The minimum atomic E-state index is -0.164. The zero-order valence-electron chi connectivity index (χ0n) is 14.1. The second kappa shape index (κ2) is 6.91. The quantitative estimate of drug-likeness (QED) is 0.871. The molecule has 1 aliphatic rings. The van der Waals surface area contributed by atoms with E-state index in [9.17, 15) is 9.59 Å². The van der Waals surface area contributed by atoms with Crippen molar-refractivity contribution in [2.75, 3.05) is 13.7 Å². The van der Waals surface area contributed by atoms with Crippen molar-refractivity contribution >= 4 is 5.91 Å². The molecule has 1 saturated heterocycles. The van der Waals surface area contributed by atoms with Crippen LogP contribution in [-0.4, -0.2) is 35.1 Å². The normalized spacial score (nSPS) is 17.6. The molecule has 1 amide bonds. The highest BCUT2D eigenvalue weighted by Crippen LogP contribution is 2.19. The summed E-state index contributed by atoms with van der Waals surface area (Å²) in [4.78, 5) is 26.9. The minimum Gasteiger partial charge on any atom is -0.497 e. The highest BCUT2D eigenvalue weighted by molar-refractivity contribution is 5.94. The Bertz CT molecular complexity index is 780. The fourth-order valence-electron chi connectivity index (χ4n) is 3.12. The Labute approximate surface area is 141 Å². The van der Waals surface area contributed by atoms with E-state index >= 15 is 0 Å². The first-order chi connectivity index (χ1) is 11.6. The van der Waals surface area contributed by atoms with Gasteiger partial charge in [-0.25, -0.2) is 0 Å². The number of aromatic nitrogens is 1. The number of piperidine rings is 1. The summed E-state index contributed by atoms with van der Waals surface area (Å²) < 4.78 is 6.64. The summed E-state index contributed by atoms with van der Waals surface area (Å²) in [5, 5.41) is 0. The monoisotopic (exact) mass is 326 g/mol. The van der Waals surface area contributed by atoms with Crippen LogP contribution in [0.1, 0.15) is 36.5 Å². The SMILES string of the molecule is COc1ccc(-n2cc(C(=O)N3CCCC[C@H]3C)ccc2=O)cc1. The fourth-order valence-corrected chi connectivity index (χ4v) is 3.12. The van der Waals surface area contributed by atoms with E-state index in [1.807, 2.05) is 4.90 Å². The van der Waals surface area contributed by atoms with E-state index in [2.05, 4.69) is 6.92 Å². The summed E-state index contributed by atoms with van der Waals surface area (Å²) in [7, 11) is 1.60. The van der Waals surface area contributed by atoms with Crippen molar-refractivity contribution in [2.45, 2.75) is 32.2 Å². The number of likely N-dealkylation sites (tertiary alicyclic amines) is 1. The molecular weight excluding hydrogens is 304 g/mol. The number of hydrogen-bond acceptors (Lipinski definition) is 3. The first kappa shape index (κ1) is 16.3. The summed E-state index contributed by atoms with van der Waals surface area (Å²) in [6, 6.07) is 10.5. The van der Waals surface area contributed by atoms with Gasteiger partial charge in [0.15, 0.2) is 0 Å². The molecule has 5 nitrogen and oxygen atoms in total. The molecule has 0 radical (unpaired) electrons. The third kappa shape index (κ3) is 3.20. The molecule has 0 unspecified atom stereocenters. The maximum atomic E-state index is 12.8. The average Bonchev–Trinajstić information content (AvgIpc) is 2.62. The highest BCUT2D eigenvalue weighted by atomic mass is 16.5. The van der Waals surface area contributed by atoms with Gasteiger partial charge in [0.1, 0.15) is 5.75 Å². The molecule has 0 saturated carbocycles. The third-order valence-corrected chi connectivity index (χ3v) is 4.57. The van der Waals surface area contributed by atoms with E-state index in [1.165, 1.54) is 10.6 Å². The highest BCUT2D eigenvalue weighted by Gasteiger charge is 2.24. The zero-order chi connectivity index (χ0) is 17.1. The number of carbonyl (C=O) groups is 1. The molecule has 2 aromatic rings. The van der Waals surface area contributed by atoms with Crippen LogP contribution in [0.5, 0.6) is 5.75 Å². The van der Waals surface area contributed by atoms with Crippen LogP contribution >= 0.6 is 0 Å². The van der Waals surface area contributed by atoms with Gasteiger partial charge in [0.05, 0.1) is 12.7 Å². The standard InChI is InChI=1S/C19H22N2O3/c1-14-5-3-4-12-20(14)19(23)15-6-11-18(22)21(13-15)16-7-9-17(24-2)10-8-16/h6-11,13-14H,3-5,12H2,1-2H3/t14-/m1/s1. The Morgan fingerprint density at radius 2 is 1.88 bits per heavy atom. The second-order valence-electron chi connectivity index (χ2n) is 6.17. The first-order valence-corrected chi connectivity index (χ1v) is 8.28. The van der Waals surface area contributed by atoms with E-state index in [4.69, 9.17) is 4.74 Å². The van der Waals surface area contributed by atoms with Gasteiger partial charge in [0.25, 0.3) is 11.5 Å². The van der Waals surface area contributed by atoms with E-state index in [0.717, 1.165) is 31.6 Å². The van der Waals surface area contributed by atoms with Crippen LogP contribution in [0.4, 0.5) is 0 Å². The number of hydrogen-bond donors (Lipinski definition) is 0. The lowest BCUT2D eigenvalue weighted by molar-refractivity contribution is 0.0635. The number of rotatable bonds is 3. The van der Waals surface area contributed by atoms with Crippen LogP contribution in [0.2, 0.25) is 0 Å². The minimum absolute atomic E-state index is 0.00976. The number of pyridine rings is 1. The Morgan fingerprint density at radius 3 is 2.54 bits per heavy atom. The number of amides is 1. The Balaban J connectivity index is 1.93.